The summed E-state index contributed by atoms with van der Waals surface area (Å²) < 4.78 is 12.9. The van der Waals surface area contributed by atoms with Crippen LogP contribution >= 0.6 is 0 Å². The van der Waals surface area contributed by atoms with Crippen LogP contribution in [0.15, 0.2) is 0 Å². The predicted molar refractivity (Wildman–Crippen MR) is 76.9 cm³/mol. The first kappa shape index (κ1) is 15.2. The second kappa shape index (κ2) is 6.09. The molecular weight excluding hydrogens is 241 g/mol. The quantitative estimate of drug-likeness (QED) is 0.848. The third-order valence-corrected chi connectivity index (χ3v) is 5.56. The summed E-state index contributed by atoms with van der Waals surface area (Å²) in [7, 11) is 0. The minimum atomic E-state index is -0.235. The molecule has 1 aliphatic heterocycles. The normalized spacial score (nSPS) is 39.0. The predicted octanol–water partition coefficient (Wildman–Crippen LogP) is 3.24. The highest BCUT2D eigenvalue weighted by Crippen LogP contribution is 2.47. The first-order valence-electron chi connectivity index (χ1n) is 7.93. The summed E-state index contributed by atoms with van der Waals surface area (Å²) in [5.41, 5.74) is 0.135. The van der Waals surface area contributed by atoms with Crippen LogP contribution in [0.25, 0.3) is 0 Å². The highest BCUT2D eigenvalue weighted by molar-refractivity contribution is 5.00. The summed E-state index contributed by atoms with van der Waals surface area (Å²) in [6.45, 7) is 7.58. The van der Waals surface area contributed by atoms with E-state index in [2.05, 4.69) is 25.7 Å². The van der Waals surface area contributed by atoms with E-state index in [0.717, 1.165) is 12.3 Å². The van der Waals surface area contributed by atoms with Gasteiger partial charge in [0, 0.05) is 24.7 Å². The van der Waals surface area contributed by atoms with Gasteiger partial charge in [0.2, 0.25) is 0 Å². The molecule has 0 bridgehead atoms. The van der Waals surface area contributed by atoms with E-state index in [-0.39, 0.29) is 12.2 Å². The van der Waals surface area contributed by atoms with E-state index in [1.807, 2.05) is 0 Å². The van der Waals surface area contributed by atoms with E-state index in [1.165, 1.54) is 25.7 Å². The highest BCUT2D eigenvalue weighted by Gasteiger charge is 2.46. The molecule has 2 rings (SSSR count). The third-order valence-electron chi connectivity index (χ3n) is 5.56. The molecule has 112 valence electrons. The molecule has 1 heterocycles. The van der Waals surface area contributed by atoms with Gasteiger partial charge in [0.25, 0.3) is 0 Å². The summed E-state index contributed by atoms with van der Waals surface area (Å²) in [6, 6.07) is 0.560. The van der Waals surface area contributed by atoms with Gasteiger partial charge in [0.15, 0.2) is 0 Å². The largest absolute Gasteiger partial charge is 0.396 e. The summed E-state index contributed by atoms with van der Waals surface area (Å²) in [6.07, 6.45) is 5.73. The SMILES string of the molecule is CC1CC(C)(C)N(CCF)C2CCC(CCO)CC12. The fourth-order valence-corrected chi connectivity index (χ4v) is 4.79. The van der Waals surface area contributed by atoms with Crippen LogP contribution in [0.3, 0.4) is 0 Å². The Labute approximate surface area is 117 Å². The molecule has 2 fully saturated rings. The van der Waals surface area contributed by atoms with Crippen LogP contribution in [-0.4, -0.2) is 41.4 Å². The lowest BCUT2D eigenvalue weighted by Gasteiger charge is -2.56. The van der Waals surface area contributed by atoms with E-state index < -0.39 is 0 Å². The highest BCUT2D eigenvalue weighted by atomic mass is 19.1. The second-order valence-electron chi connectivity index (χ2n) is 7.30. The van der Waals surface area contributed by atoms with Crippen LogP contribution in [0.4, 0.5) is 4.39 Å². The Kier molecular flexibility index (Phi) is 4.88. The summed E-state index contributed by atoms with van der Waals surface area (Å²) in [5.74, 6) is 2.10. The molecule has 1 N–H and O–H groups in total. The number of fused-ring (bicyclic) bond motifs is 1. The minimum Gasteiger partial charge on any atom is -0.396 e. The van der Waals surface area contributed by atoms with Crippen LogP contribution in [0.1, 0.15) is 52.9 Å². The van der Waals surface area contributed by atoms with E-state index in [0.29, 0.717) is 31.0 Å². The van der Waals surface area contributed by atoms with Crippen molar-refractivity contribution in [3.63, 3.8) is 0 Å². The molecule has 2 aliphatic rings. The van der Waals surface area contributed by atoms with Gasteiger partial charge < -0.3 is 5.11 Å². The van der Waals surface area contributed by atoms with E-state index in [1.54, 1.807) is 0 Å². The zero-order chi connectivity index (χ0) is 14.0. The molecule has 2 nitrogen and oxygen atoms in total. The summed E-state index contributed by atoms with van der Waals surface area (Å²) >= 11 is 0. The smallest absolute Gasteiger partial charge is 0.102 e. The number of rotatable bonds is 4. The molecule has 1 saturated heterocycles. The minimum absolute atomic E-state index is 0.135. The Hall–Kier alpha value is -0.150. The fraction of sp³-hybridized carbons (Fsp3) is 1.00. The van der Waals surface area contributed by atoms with Crippen molar-refractivity contribution in [2.24, 2.45) is 17.8 Å². The monoisotopic (exact) mass is 271 g/mol. The van der Waals surface area contributed by atoms with Crippen LogP contribution < -0.4 is 0 Å². The van der Waals surface area contributed by atoms with Gasteiger partial charge in [0.1, 0.15) is 6.67 Å². The van der Waals surface area contributed by atoms with Gasteiger partial charge in [-0.05, 0) is 63.7 Å². The first-order chi connectivity index (χ1) is 8.99. The molecule has 0 aromatic heterocycles. The Morgan fingerprint density at radius 3 is 2.68 bits per heavy atom. The van der Waals surface area contributed by atoms with Crippen molar-refractivity contribution in [3.8, 4) is 0 Å². The van der Waals surface area contributed by atoms with Crippen molar-refractivity contribution in [2.75, 3.05) is 19.8 Å². The van der Waals surface area contributed by atoms with Gasteiger partial charge >= 0.3 is 0 Å². The molecule has 1 aliphatic carbocycles. The van der Waals surface area contributed by atoms with Crippen molar-refractivity contribution >= 4 is 0 Å². The standard InChI is InChI=1S/C16H30FNO/c1-12-11-16(2,3)18(8-7-17)15-5-4-13(6-9-19)10-14(12)15/h12-15,19H,4-11H2,1-3H3. The Morgan fingerprint density at radius 2 is 2.05 bits per heavy atom. The van der Waals surface area contributed by atoms with Crippen molar-refractivity contribution in [2.45, 2.75) is 64.5 Å². The molecule has 0 radical (unpaired) electrons. The maximum Gasteiger partial charge on any atom is 0.102 e. The Morgan fingerprint density at radius 1 is 1.32 bits per heavy atom. The van der Waals surface area contributed by atoms with Crippen molar-refractivity contribution in [3.05, 3.63) is 0 Å². The maximum atomic E-state index is 12.9. The van der Waals surface area contributed by atoms with Gasteiger partial charge in [-0.2, -0.15) is 0 Å². The van der Waals surface area contributed by atoms with Crippen LogP contribution in [0.5, 0.6) is 0 Å². The second-order valence-corrected chi connectivity index (χ2v) is 7.30. The number of aliphatic hydroxyl groups is 1. The zero-order valence-corrected chi connectivity index (χ0v) is 12.7. The number of piperidine rings is 1. The van der Waals surface area contributed by atoms with Crippen LogP contribution in [0, 0.1) is 17.8 Å². The van der Waals surface area contributed by atoms with Gasteiger partial charge in [-0.25, -0.2) is 4.39 Å². The van der Waals surface area contributed by atoms with E-state index in [9.17, 15) is 4.39 Å². The summed E-state index contributed by atoms with van der Waals surface area (Å²) in [4.78, 5) is 2.44. The first-order valence-corrected chi connectivity index (χ1v) is 7.93. The Bertz CT molecular complexity index is 294. The number of halogens is 1. The molecule has 0 aromatic rings. The number of hydrogen-bond donors (Lipinski definition) is 1. The van der Waals surface area contributed by atoms with Crippen molar-refractivity contribution < 1.29 is 9.50 Å². The van der Waals surface area contributed by atoms with E-state index >= 15 is 0 Å². The molecule has 1 saturated carbocycles. The van der Waals surface area contributed by atoms with E-state index in [4.69, 9.17) is 5.11 Å². The number of hydrogen-bond acceptors (Lipinski definition) is 2. The maximum absolute atomic E-state index is 12.9. The van der Waals surface area contributed by atoms with Crippen molar-refractivity contribution in [1.29, 1.82) is 0 Å². The lowest BCUT2D eigenvalue weighted by atomic mass is 9.64. The number of nitrogens with zero attached hydrogens (tertiary/aromatic N) is 1. The van der Waals surface area contributed by atoms with Gasteiger partial charge in [0.05, 0.1) is 0 Å². The molecule has 4 unspecified atom stereocenters. The molecule has 19 heavy (non-hydrogen) atoms. The number of likely N-dealkylation sites (tertiary alicyclic amines) is 1. The molecule has 0 spiro atoms. The molecule has 4 atom stereocenters. The molecular formula is C16H30FNO. The summed E-state index contributed by atoms with van der Waals surface area (Å²) in [5, 5.41) is 9.14. The number of aliphatic hydroxyl groups excluding tert-OH is 1. The Balaban J connectivity index is 2.11. The average molecular weight is 271 g/mol. The lowest BCUT2D eigenvalue weighted by Crippen LogP contribution is -2.61. The zero-order valence-electron chi connectivity index (χ0n) is 12.7. The number of alkyl halides is 1. The third kappa shape index (κ3) is 3.13. The van der Waals surface area contributed by atoms with Crippen molar-refractivity contribution in [1.82, 2.24) is 4.90 Å². The molecule has 0 aromatic carbocycles. The average Bonchev–Trinajstić information content (AvgIpc) is 2.34. The fourth-order valence-electron chi connectivity index (χ4n) is 4.79. The lowest BCUT2D eigenvalue weighted by molar-refractivity contribution is -0.0713. The van der Waals surface area contributed by atoms with Gasteiger partial charge in [-0.3, -0.25) is 4.90 Å². The molecule has 3 heteroatoms. The van der Waals surface area contributed by atoms with Gasteiger partial charge in [-0.1, -0.05) is 6.92 Å². The molecule has 0 amide bonds. The van der Waals surface area contributed by atoms with Gasteiger partial charge in [-0.15, -0.1) is 0 Å². The van der Waals surface area contributed by atoms with Crippen LogP contribution in [-0.2, 0) is 0 Å². The van der Waals surface area contributed by atoms with Crippen LogP contribution in [0.2, 0.25) is 0 Å². The topological polar surface area (TPSA) is 23.5 Å².